The van der Waals surface area contributed by atoms with Crippen LogP contribution in [0.15, 0.2) is 36.4 Å². The van der Waals surface area contributed by atoms with E-state index in [0.29, 0.717) is 23.9 Å². The number of benzene rings is 1. The van der Waals surface area contributed by atoms with Gasteiger partial charge in [0.2, 0.25) is 0 Å². The number of nitrogens with zero attached hydrogens (tertiary/aromatic N) is 1. The second-order valence-corrected chi connectivity index (χ2v) is 8.42. The van der Waals surface area contributed by atoms with Gasteiger partial charge in [-0.05, 0) is 24.5 Å². The van der Waals surface area contributed by atoms with Crippen LogP contribution in [0.4, 0.5) is 0 Å². The molecular weight excluding hydrogens is 392 g/mol. The molecule has 1 aliphatic carbocycles. The summed E-state index contributed by atoms with van der Waals surface area (Å²) in [7, 11) is 0. The second kappa shape index (κ2) is 7.29. The van der Waals surface area contributed by atoms with Crippen molar-refractivity contribution in [2.45, 2.75) is 36.9 Å². The zero-order valence-corrected chi connectivity index (χ0v) is 16.7. The Kier molecular flexibility index (Phi) is 4.75. The maximum absolute atomic E-state index is 9.62. The van der Waals surface area contributed by atoms with Gasteiger partial charge in [-0.1, -0.05) is 35.9 Å². The van der Waals surface area contributed by atoms with Gasteiger partial charge in [-0.2, -0.15) is 0 Å². The SMILES string of the molecule is OCC1CC(Oc2cc3nc(-c4ccc(C5(CO)CC5)cc4)c(Cl)cc3[nH]2)CO1. The molecule has 2 aromatic heterocycles. The summed E-state index contributed by atoms with van der Waals surface area (Å²) in [5.41, 5.74) is 4.35. The second-order valence-electron chi connectivity index (χ2n) is 8.01. The van der Waals surface area contributed by atoms with E-state index in [0.717, 1.165) is 35.1 Å². The van der Waals surface area contributed by atoms with Gasteiger partial charge in [0.15, 0.2) is 5.88 Å². The van der Waals surface area contributed by atoms with E-state index in [1.165, 1.54) is 5.56 Å². The van der Waals surface area contributed by atoms with Crippen LogP contribution in [0.25, 0.3) is 22.3 Å². The Morgan fingerprint density at radius 1 is 1.21 bits per heavy atom. The molecule has 29 heavy (non-hydrogen) atoms. The molecule has 6 nitrogen and oxygen atoms in total. The average molecular weight is 415 g/mol. The number of aromatic amines is 1. The summed E-state index contributed by atoms with van der Waals surface area (Å²) in [5, 5.41) is 19.4. The summed E-state index contributed by atoms with van der Waals surface area (Å²) in [5.74, 6) is 0.613. The van der Waals surface area contributed by atoms with Crippen molar-refractivity contribution in [3.63, 3.8) is 0 Å². The number of ether oxygens (including phenoxy) is 2. The van der Waals surface area contributed by atoms with Crippen LogP contribution < -0.4 is 4.74 Å². The van der Waals surface area contributed by atoms with E-state index in [2.05, 4.69) is 17.1 Å². The van der Waals surface area contributed by atoms with Crippen LogP contribution in [-0.2, 0) is 10.2 Å². The predicted octanol–water partition coefficient (Wildman–Crippen LogP) is 3.44. The Balaban J connectivity index is 1.39. The van der Waals surface area contributed by atoms with Gasteiger partial charge in [0.1, 0.15) is 6.10 Å². The minimum Gasteiger partial charge on any atom is -0.473 e. The lowest BCUT2D eigenvalue weighted by Crippen LogP contribution is -2.17. The maximum atomic E-state index is 9.62. The number of H-pyrrole nitrogens is 1. The van der Waals surface area contributed by atoms with Crippen molar-refractivity contribution in [2.75, 3.05) is 19.8 Å². The van der Waals surface area contributed by atoms with E-state index in [4.69, 9.17) is 26.1 Å². The zero-order chi connectivity index (χ0) is 20.0. The quantitative estimate of drug-likeness (QED) is 0.575. The lowest BCUT2D eigenvalue weighted by Gasteiger charge is -2.13. The standard InChI is InChI=1S/C22H23ClN2O4/c23-17-8-18-19(9-20(24-18)29-16-7-15(10-26)28-11-16)25-21(17)13-1-3-14(4-2-13)22(12-27)5-6-22/h1-4,8-9,15-16,24,26-27H,5-7,10-12H2. The largest absolute Gasteiger partial charge is 0.473 e. The summed E-state index contributed by atoms with van der Waals surface area (Å²) >= 11 is 6.51. The molecule has 2 atom stereocenters. The van der Waals surface area contributed by atoms with Gasteiger partial charge in [-0.15, -0.1) is 0 Å². The summed E-state index contributed by atoms with van der Waals surface area (Å²) < 4.78 is 11.4. The monoisotopic (exact) mass is 414 g/mol. The van der Waals surface area contributed by atoms with Crippen molar-refractivity contribution in [1.29, 1.82) is 0 Å². The third-order valence-corrected chi connectivity index (χ3v) is 6.29. The van der Waals surface area contributed by atoms with Crippen LogP contribution in [0.5, 0.6) is 5.88 Å². The number of rotatable bonds is 6. The highest BCUT2D eigenvalue weighted by molar-refractivity contribution is 6.33. The third-order valence-electron chi connectivity index (χ3n) is 6.00. The number of pyridine rings is 1. The van der Waals surface area contributed by atoms with Gasteiger partial charge in [-0.3, -0.25) is 0 Å². The van der Waals surface area contributed by atoms with Crippen LogP contribution in [0, 0.1) is 0 Å². The average Bonchev–Trinajstić information content (AvgIpc) is 3.25. The van der Waals surface area contributed by atoms with Gasteiger partial charge in [0.25, 0.3) is 0 Å². The van der Waals surface area contributed by atoms with E-state index in [1.54, 1.807) is 0 Å². The molecular formula is C22H23ClN2O4. The van der Waals surface area contributed by atoms with Crippen molar-refractivity contribution < 1.29 is 19.7 Å². The van der Waals surface area contributed by atoms with Gasteiger partial charge < -0.3 is 24.7 Å². The maximum Gasteiger partial charge on any atom is 0.193 e. The molecule has 2 fully saturated rings. The highest BCUT2D eigenvalue weighted by Gasteiger charge is 2.43. The van der Waals surface area contributed by atoms with Gasteiger partial charge >= 0.3 is 0 Å². The van der Waals surface area contributed by atoms with Crippen molar-refractivity contribution in [1.82, 2.24) is 9.97 Å². The smallest absolute Gasteiger partial charge is 0.193 e. The van der Waals surface area contributed by atoms with E-state index >= 15 is 0 Å². The Bertz CT molecular complexity index is 1030. The van der Waals surface area contributed by atoms with Gasteiger partial charge in [-0.25, -0.2) is 4.98 Å². The Hall–Kier alpha value is -2.12. The third kappa shape index (κ3) is 3.51. The molecule has 3 N–H and O–H groups in total. The normalized spacial score (nSPS) is 22.9. The summed E-state index contributed by atoms with van der Waals surface area (Å²) in [6.45, 7) is 0.654. The van der Waals surface area contributed by atoms with Crippen LogP contribution in [-0.4, -0.2) is 52.2 Å². The van der Waals surface area contributed by atoms with Crippen LogP contribution in [0.3, 0.4) is 0 Å². The zero-order valence-electron chi connectivity index (χ0n) is 15.9. The number of nitrogens with one attached hydrogen (secondary N) is 1. The molecule has 3 heterocycles. The van der Waals surface area contributed by atoms with E-state index in [-0.39, 0.29) is 30.8 Å². The summed E-state index contributed by atoms with van der Waals surface area (Å²) in [6.07, 6.45) is 2.47. The first-order valence-corrected chi connectivity index (χ1v) is 10.3. The molecule has 0 amide bonds. The minimum atomic E-state index is -0.160. The number of hydrogen-bond acceptors (Lipinski definition) is 5. The molecule has 0 bridgehead atoms. The molecule has 5 rings (SSSR count). The van der Waals surface area contributed by atoms with Gasteiger partial charge in [0.05, 0.1) is 47.7 Å². The van der Waals surface area contributed by atoms with Gasteiger partial charge in [0, 0.05) is 23.5 Å². The van der Waals surface area contributed by atoms with Crippen molar-refractivity contribution in [3.05, 3.63) is 47.0 Å². The summed E-state index contributed by atoms with van der Waals surface area (Å²) in [6, 6.07) is 11.9. The highest BCUT2D eigenvalue weighted by atomic mass is 35.5. The van der Waals surface area contributed by atoms with E-state index in [9.17, 15) is 10.2 Å². The van der Waals surface area contributed by atoms with Crippen molar-refractivity contribution in [2.24, 2.45) is 0 Å². The van der Waals surface area contributed by atoms with Crippen LogP contribution in [0.2, 0.25) is 5.02 Å². The molecule has 3 aromatic rings. The number of aliphatic hydroxyl groups excluding tert-OH is 2. The Morgan fingerprint density at radius 2 is 2.00 bits per heavy atom. The number of aliphatic hydroxyl groups is 2. The lowest BCUT2D eigenvalue weighted by atomic mass is 9.95. The highest BCUT2D eigenvalue weighted by Crippen LogP contribution is 2.48. The molecule has 1 aliphatic heterocycles. The topological polar surface area (TPSA) is 87.6 Å². The minimum absolute atomic E-state index is 0.00526. The molecule has 152 valence electrons. The fraction of sp³-hybridized carbons (Fsp3) is 0.409. The lowest BCUT2D eigenvalue weighted by molar-refractivity contribution is 0.0531. The Labute approximate surface area is 173 Å². The van der Waals surface area contributed by atoms with Crippen molar-refractivity contribution >= 4 is 22.6 Å². The molecule has 1 saturated carbocycles. The van der Waals surface area contributed by atoms with E-state index < -0.39 is 0 Å². The predicted molar refractivity (Wildman–Crippen MR) is 110 cm³/mol. The number of aromatic nitrogens is 2. The molecule has 0 radical (unpaired) electrons. The number of halogens is 1. The Morgan fingerprint density at radius 3 is 2.66 bits per heavy atom. The molecule has 0 spiro atoms. The fourth-order valence-electron chi connectivity index (χ4n) is 4.00. The van der Waals surface area contributed by atoms with E-state index in [1.807, 2.05) is 24.3 Å². The first-order valence-electron chi connectivity index (χ1n) is 9.90. The summed E-state index contributed by atoms with van der Waals surface area (Å²) in [4.78, 5) is 7.94. The fourth-order valence-corrected chi connectivity index (χ4v) is 4.26. The molecule has 1 saturated heterocycles. The molecule has 2 aliphatic rings. The molecule has 7 heteroatoms. The first kappa shape index (κ1) is 18.9. The number of fused-ring (bicyclic) bond motifs is 1. The van der Waals surface area contributed by atoms with Crippen LogP contribution in [0.1, 0.15) is 24.8 Å². The first-order chi connectivity index (χ1) is 14.1. The molecule has 2 unspecified atom stereocenters. The molecule has 1 aromatic carbocycles. The van der Waals surface area contributed by atoms with Crippen molar-refractivity contribution in [3.8, 4) is 17.1 Å². The number of hydrogen-bond donors (Lipinski definition) is 3. The van der Waals surface area contributed by atoms with Crippen LogP contribution >= 0.6 is 11.6 Å².